The Kier molecular flexibility index (Phi) is 8.91. The van der Waals surface area contributed by atoms with E-state index in [1.807, 2.05) is 44.2 Å². The van der Waals surface area contributed by atoms with E-state index in [1.165, 1.54) is 4.90 Å². The molecule has 4 amide bonds. The van der Waals surface area contributed by atoms with Crippen molar-refractivity contribution in [3.63, 3.8) is 0 Å². The van der Waals surface area contributed by atoms with Crippen LogP contribution < -0.4 is 24.8 Å². The van der Waals surface area contributed by atoms with Crippen molar-refractivity contribution in [3.05, 3.63) is 42.1 Å². The summed E-state index contributed by atoms with van der Waals surface area (Å²) in [7, 11) is -3.99. The zero-order valence-electron chi connectivity index (χ0n) is 29.0. The SMILES string of the molecule is C[C@@H]1CC/C=C\[C@@H]2C[C@@]2(C(=O)NS(=O)(=O)C2(C)CC2)NC(=O)[C@@H]2C[C@@H](Oc3nccc4c5c(ccc34)CCO5)CN2C(=O)[C@@H](NC(=O)O)[C@H](C)C1. The third kappa shape index (κ3) is 6.60. The van der Waals surface area contributed by atoms with Crippen LogP contribution in [-0.2, 0) is 30.8 Å². The summed E-state index contributed by atoms with van der Waals surface area (Å²) in [6.45, 7) is 5.96. The number of aromatic nitrogens is 1. The topological polar surface area (TPSA) is 193 Å². The van der Waals surface area contributed by atoms with Crippen molar-refractivity contribution in [2.45, 2.75) is 101 Å². The summed E-state index contributed by atoms with van der Waals surface area (Å²) in [5.41, 5.74) is -0.450. The molecule has 2 saturated carbocycles. The first kappa shape index (κ1) is 35.0. The minimum absolute atomic E-state index is 0.0240. The fraction of sp³-hybridized carbons (Fsp3) is 0.583. The first-order valence-electron chi connectivity index (χ1n) is 17.8. The number of pyridine rings is 1. The summed E-state index contributed by atoms with van der Waals surface area (Å²) < 4.78 is 39.7. The smallest absolute Gasteiger partial charge is 0.405 e. The molecule has 3 fully saturated rings. The van der Waals surface area contributed by atoms with Crippen LogP contribution in [0.1, 0.15) is 71.3 Å². The van der Waals surface area contributed by atoms with E-state index in [-0.39, 0.29) is 25.3 Å². The Morgan fingerprint density at radius 2 is 1.92 bits per heavy atom. The Balaban J connectivity index is 1.21. The summed E-state index contributed by atoms with van der Waals surface area (Å²) in [6, 6.07) is 3.43. The van der Waals surface area contributed by atoms with Gasteiger partial charge in [-0.3, -0.25) is 19.1 Å². The zero-order chi connectivity index (χ0) is 36.3. The molecule has 0 unspecified atom stereocenters. The number of carbonyl (C=O) groups is 4. The molecule has 3 aliphatic heterocycles. The van der Waals surface area contributed by atoms with E-state index >= 15 is 0 Å². The molecule has 51 heavy (non-hydrogen) atoms. The lowest BCUT2D eigenvalue weighted by Gasteiger charge is -2.32. The number of nitrogens with zero attached hydrogens (tertiary/aromatic N) is 2. The molecule has 0 radical (unpaired) electrons. The van der Waals surface area contributed by atoms with Gasteiger partial charge in [0.2, 0.25) is 27.7 Å². The molecule has 1 saturated heterocycles. The fourth-order valence-electron chi connectivity index (χ4n) is 7.86. The van der Waals surface area contributed by atoms with Gasteiger partial charge in [-0.25, -0.2) is 18.2 Å². The van der Waals surface area contributed by atoms with Crippen molar-refractivity contribution in [1.29, 1.82) is 0 Å². The monoisotopic (exact) mass is 723 g/mol. The number of ether oxygens (including phenoxy) is 2. The van der Waals surface area contributed by atoms with Crippen LogP contribution in [-0.4, -0.2) is 88.8 Å². The number of rotatable bonds is 6. The summed E-state index contributed by atoms with van der Waals surface area (Å²) in [5.74, 6) is -1.70. The second-order valence-electron chi connectivity index (χ2n) is 15.3. The first-order valence-corrected chi connectivity index (χ1v) is 19.2. The highest BCUT2D eigenvalue weighted by Gasteiger charge is 2.63. The van der Waals surface area contributed by atoms with E-state index in [9.17, 15) is 32.7 Å². The Bertz CT molecular complexity index is 1910. The Hall–Kier alpha value is -4.40. The summed E-state index contributed by atoms with van der Waals surface area (Å²) >= 11 is 0. The van der Waals surface area contributed by atoms with Gasteiger partial charge in [0, 0.05) is 35.7 Å². The predicted molar refractivity (Wildman–Crippen MR) is 185 cm³/mol. The minimum atomic E-state index is -3.99. The van der Waals surface area contributed by atoms with Crippen LogP contribution in [0.4, 0.5) is 4.79 Å². The zero-order valence-corrected chi connectivity index (χ0v) is 29.8. The molecule has 7 rings (SSSR count). The van der Waals surface area contributed by atoms with E-state index in [0.29, 0.717) is 43.6 Å². The molecule has 14 nitrogen and oxygen atoms in total. The molecule has 7 atom stereocenters. The third-order valence-corrected chi connectivity index (χ3v) is 13.5. The maximum absolute atomic E-state index is 14.4. The summed E-state index contributed by atoms with van der Waals surface area (Å²) in [5, 5.41) is 16.6. The molecule has 2 aliphatic carbocycles. The lowest BCUT2D eigenvalue weighted by Crippen LogP contribution is -2.59. The molecule has 274 valence electrons. The normalized spacial score (nSPS) is 32.2. The summed E-state index contributed by atoms with van der Waals surface area (Å²) in [4.78, 5) is 60.3. The minimum Gasteiger partial charge on any atom is -0.492 e. The first-order chi connectivity index (χ1) is 24.2. The summed E-state index contributed by atoms with van der Waals surface area (Å²) in [6.07, 6.45) is 7.15. The Labute approximate surface area is 296 Å². The second kappa shape index (κ2) is 13.0. The molecule has 0 bridgehead atoms. The number of nitrogens with one attached hydrogen (secondary N) is 3. The van der Waals surface area contributed by atoms with E-state index in [1.54, 1.807) is 13.1 Å². The molecule has 0 spiro atoms. The standard InChI is InChI=1S/C36H45N5O9S/c1-20-6-4-5-7-23-18-36(23,33(44)40-51(47,48)35(3)12-13-35)39-30(42)27-17-24(19-41(27)32(43)28(21(2)16-20)38-34(45)46)50-31-26-9-8-22-11-15-49-29(22)25(26)10-14-37-31/h5,7-10,14,20-21,23-24,27-28,38H,4,6,11-13,15-19H2,1-3H3,(H,39,42)(H,40,44)(H,45,46)/b7-5-/t20-,21-,23-,24-,27+,28+,36-/m1/s1. The van der Waals surface area contributed by atoms with Crippen LogP contribution >= 0.6 is 0 Å². The highest BCUT2D eigenvalue weighted by atomic mass is 32.2. The predicted octanol–water partition coefficient (Wildman–Crippen LogP) is 3.04. The van der Waals surface area contributed by atoms with E-state index in [2.05, 4.69) is 20.3 Å². The van der Waals surface area contributed by atoms with Gasteiger partial charge in [-0.1, -0.05) is 32.1 Å². The second-order valence-corrected chi connectivity index (χ2v) is 17.4. The maximum atomic E-state index is 14.4. The molecule has 2 aromatic rings. The molecule has 5 aliphatic rings. The average Bonchev–Trinajstić information content (AvgIpc) is 3.85. The van der Waals surface area contributed by atoms with Gasteiger partial charge >= 0.3 is 6.09 Å². The van der Waals surface area contributed by atoms with Crippen LogP contribution in [0.25, 0.3) is 10.8 Å². The molecule has 1 aromatic carbocycles. The number of benzene rings is 1. The number of hydrogen-bond acceptors (Lipinski definition) is 9. The number of amides is 4. The largest absolute Gasteiger partial charge is 0.492 e. The van der Waals surface area contributed by atoms with Crippen LogP contribution in [0.5, 0.6) is 11.6 Å². The Morgan fingerprint density at radius 1 is 1.14 bits per heavy atom. The van der Waals surface area contributed by atoms with Crippen molar-refractivity contribution >= 4 is 44.6 Å². The Morgan fingerprint density at radius 3 is 2.67 bits per heavy atom. The highest BCUT2D eigenvalue weighted by molar-refractivity contribution is 7.91. The van der Waals surface area contributed by atoms with E-state index in [4.69, 9.17) is 9.47 Å². The van der Waals surface area contributed by atoms with Crippen molar-refractivity contribution in [2.75, 3.05) is 13.2 Å². The maximum Gasteiger partial charge on any atom is 0.405 e. The third-order valence-electron chi connectivity index (χ3n) is 11.4. The van der Waals surface area contributed by atoms with Gasteiger partial charge in [0.25, 0.3) is 5.91 Å². The van der Waals surface area contributed by atoms with Crippen molar-refractivity contribution < 1.29 is 42.2 Å². The number of sulfonamides is 1. The lowest BCUT2D eigenvalue weighted by molar-refractivity contribution is -0.142. The van der Waals surface area contributed by atoms with Crippen LogP contribution in [0.3, 0.4) is 0 Å². The molecule has 4 heterocycles. The van der Waals surface area contributed by atoms with Crippen LogP contribution in [0.2, 0.25) is 0 Å². The van der Waals surface area contributed by atoms with Gasteiger partial charge in [-0.05, 0) is 75.0 Å². The number of allylic oxidation sites excluding steroid dienone is 1. The molecule has 1 aromatic heterocycles. The average molecular weight is 724 g/mol. The quantitative estimate of drug-likeness (QED) is 0.322. The lowest BCUT2D eigenvalue weighted by atomic mass is 9.88. The van der Waals surface area contributed by atoms with Crippen molar-refractivity contribution in [3.8, 4) is 11.6 Å². The fourth-order valence-corrected chi connectivity index (χ4v) is 9.17. The molecular formula is C36H45N5O9S. The number of carbonyl (C=O) groups excluding carboxylic acids is 3. The van der Waals surface area contributed by atoms with Gasteiger partial charge < -0.3 is 30.1 Å². The number of hydrogen-bond donors (Lipinski definition) is 4. The van der Waals surface area contributed by atoms with E-state index < -0.39 is 74.1 Å². The van der Waals surface area contributed by atoms with E-state index in [0.717, 1.165) is 29.5 Å². The van der Waals surface area contributed by atoms with Gasteiger partial charge in [0.1, 0.15) is 29.5 Å². The van der Waals surface area contributed by atoms with Crippen LogP contribution in [0.15, 0.2) is 36.5 Å². The molecular weight excluding hydrogens is 678 g/mol. The van der Waals surface area contributed by atoms with Gasteiger partial charge in [-0.2, -0.15) is 0 Å². The van der Waals surface area contributed by atoms with Gasteiger partial charge in [-0.15, -0.1) is 0 Å². The van der Waals surface area contributed by atoms with Gasteiger partial charge in [0.15, 0.2) is 0 Å². The molecule has 4 N–H and O–H groups in total. The van der Waals surface area contributed by atoms with Crippen molar-refractivity contribution in [1.82, 2.24) is 25.2 Å². The molecule has 15 heteroatoms. The number of carboxylic acid groups (broad SMARTS) is 1. The van der Waals surface area contributed by atoms with Crippen LogP contribution in [0, 0.1) is 17.8 Å². The highest BCUT2D eigenvalue weighted by Crippen LogP contribution is 2.48. The number of fused-ring (bicyclic) bond motifs is 5. The van der Waals surface area contributed by atoms with Crippen molar-refractivity contribution in [2.24, 2.45) is 17.8 Å². The van der Waals surface area contributed by atoms with Gasteiger partial charge in [0.05, 0.1) is 17.9 Å².